The molecule has 0 rings (SSSR count). The van der Waals surface area contributed by atoms with Crippen LogP contribution in [0.25, 0.3) is 0 Å². The van der Waals surface area contributed by atoms with Crippen molar-refractivity contribution in [2.24, 2.45) is 0 Å². The molecule has 2 atom stereocenters. The van der Waals surface area contributed by atoms with Gasteiger partial charge in [-0.05, 0) is 23.7 Å². The lowest BCUT2D eigenvalue weighted by Crippen LogP contribution is -2.25. The summed E-state index contributed by atoms with van der Waals surface area (Å²) in [6.07, 6.45) is 0. The van der Waals surface area contributed by atoms with Gasteiger partial charge in [0.1, 0.15) is 0 Å². The fourth-order valence-electron chi connectivity index (χ4n) is 1.09. The van der Waals surface area contributed by atoms with Gasteiger partial charge in [-0.1, -0.05) is 47.8 Å². The Morgan fingerprint density at radius 3 is 1.41 bits per heavy atom. The zero-order valence-electron chi connectivity index (χ0n) is 11.8. The SMILES string of the molecule is CCOC(SSSC(OCC)[SiH](C)C)[SiH](C)C. The van der Waals surface area contributed by atoms with Gasteiger partial charge in [-0.2, -0.15) is 0 Å². The quantitative estimate of drug-likeness (QED) is 0.343. The van der Waals surface area contributed by atoms with Gasteiger partial charge in [-0.3, -0.25) is 0 Å². The molecule has 0 aliphatic heterocycles. The van der Waals surface area contributed by atoms with Gasteiger partial charge in [0.05, 0.1) is 27.7 Å². The maximum absolute atomic E-state index is 5.77. The molecule has 0 amide bonds. The molecule has 0 aromatic heterocycles. The van der Waals surface area contributed by atoms with Gasteiger partial charge >= 0.3 is 0 Å². The molecule has 0 spiro atoms. The lowest BCUT2D eigenvalue weighted by molar-refractivity contribution is 0.170. The molecule has 0 radical (unpaired) electrons. The van der Waals surface area contributed by atoms with Crippen LogP contribution in [0.4, 0.5) is 0 Å². The topological polar surface area (TPSA) is 18.5 Å². The van der Waals surface area contributed by atoms with Crippen LogP contribution < -0.4 is 0 Å². The summed E-state index contributed by atoms with van der Waals surface area (Å²) in [6.45, 7) is 15.2. The molecular weight excluding hydrogens is 304 g/mol. The summed E-state index contributed by atoms with van der Waals surface area (Å²) < 4.78 is 11.5. The Kier molecular flexibility index (Phi) is 12.2. The number of ether oxygens (including phenoxy) is 2. The molecule has 17 heavy (non-hydrogen) atoms. The van der Waals surface area contributed by atoms with Gasteiger partial charge in [-0.25, -0.2) is 0 Å². The summed E-state index contributed by atoms with van der Waals surface area (Å²) in [5, 5.41) is 0.849. The van der Waals surface area contributed by atoms with Crippen molar-refractivity contribution in [3.8, 4) is 0 Å². The molecule has 0 aliphatic rings. The van der Waals surface area contributed by atoms with Crippen LogP contribution in [0.2, 0.25) is 26.2 Å². The van der Waals surface area contributed by atoms with Crippen molar-refractivity contribution in [2.45, 2.75) is 50.2 Å². The highest BCUT2D eigenvalue weighted by molar-refractivity contribution is 9.09. The van der Waals surface area contributed by atoms with Crippen LogP contribution in [-0.4, -0.2) is 40.9 Å². The molecular formula is C10H26O2S3Si2. The van der Waals surface area contributed by atoms with E-state index in [1.807, 2.05) is 31.4 Å². The Morgan fingerprint density at radius 2 is 1.18 bits per heavy atom. The Balaban J connectivity index is 3.91. The lowest BCUT2D eigenvalue weighted by Gasteiger charge is -2.21. The van der Waals surface area contributed by atoms with Gasteiger partial charge < -0.3 is 9.47 Å². The Labute approximate surface area is 121 Å². The van der Waals surface area contributed by atoms with E-state index >= 15 is 0 Å². The van der Waals surface area contributed by atoms with E-state index < -0.39 is 17.6 Å². The first-order valence-electron chi connectivity index (χ1n) is 6.24. The van der Waals surface area contributed by atoms with Crippen LogP contribution in [0.1, 0.15) is 13.8 Å². The number of hydrogen-bond donors (Lipinski definition) is 0. The molecule has 0 bridgehead atoms. The Bertz CT molecular complexity index is 167. The van der Waals surface area contributed by atoms with E-state index in [-0.39, 0.29) is 0 Å². The maximum atomic E-state index is 5.77. The molecule has 0 aromatic rings. The van der Waals surface area contributed by atoms with E-state index in [0.717, 1.165) is 13.2 Å². The van der Waals surface area contributed by atoms with Gasteiger partial charge in [0.2, 0.25) is 0 Å². The highest BCUT2D eigenvalue weighted by Gasteiger charge is 2.19. The van der Waals surface area contributed by atoms with Crippen LogP contribution in [-0.2, 0) is 9.47 Å². The predicted octanol–water partition coefficient (Wildman–Crippen LogP) is 3.79. The second-order valence-electron chi connectivity index (χ2n) is 4.40. The van der Waals surface area contributed by atoms with Gasteiger partial charge in [0, 0.05) is 13.2 Å². The molecule has 0 aromatic carbocycles. The molecule has 0 aliphatic carbocycles. The lowest BCUT2D eigenvalue weighted by atomic mass is 10.9. The largest absolute Gasteiger partial charge is 0.371 e. The summed E-state index contributed by atoms with van der Waals surface area (Å²) in [4.78, 5) is 0. The minimum Gasteiger partial charge on any atom is -0.371 e. The number of hydrogen-bond acceptors (Lipinski definition) is 5. The smallest absolute Gasteiger partial charge is 0.0982 e. The Hall–Kier alpha value is 1.40. The van der Waals surface area contributed by atoms with Gasteiger partial charge in [0.25, 0.3) is 0 Å². The highest BCUT2D eigenvalue weighted by Crippen LogP contribution is 2.42. The van der Waals surface area contributed by atoms with E-state index in [0.29, 0.717) is 10.1 Å². The third-order valence-corrected chi connectivity index (χ3v) is 13.7. The van der Waals surface area contributed by atoms with Crippen LogP contribution in [0.15, 0.2) is 0 Å². The van der Waals surface area contributed by atoms with Crippen molar-refractivity contribution < 1.29 is 9.47 Å². The average Bonchev–Trinajstić information content (AvgIpc) is 2.26. The zero-order valence-corrected chi connectivity index (χ0v) is 16.5. The molecule has 0 fully saturated rings. The first-order chi connectivity index (χ1) is 8.02. The van der Waals surface area contributed by atoms with Crippen molar-refractivity contribution in [2.75, 3.05) is 13.2 Å². The van der Waals surface area contributed by atoms with Crippen LogP contribution >= 0.6 is 31.4 Å². The maximum Gasteiger partial charge on any atom is 0.0982 e. The van der Waals surface area contributed by atoms with Crippen molar-refractivity contribution in [3.05, 3.63) is 0 Å². The van der Waals surface area contributed by atoms with E-state index in [9.17, 15) is 0 Å². The minimum atomic E-state index is -0.730. The second kappa shape index (κ2) is 11.2. The summed E-state index contributed by atoms with van der Waals surface area (Å²) in [7, 11) is 4.17. The van der Waals surface area contributed by atoms with Crippen molar-refractivity contribution in [3.63, 3.8) is 0 Å². The summed E-state index contributed by atoms with van der Waals surface area (Å²) in [5.74, 6) is 0. The standard InChI is InChI=1S/C10H26O2S3Si2/c1-7-11-9(16(3)4)13-15-14-10(12-8-2)17(5)6/h9-10,16-17H,7-8H2,1-6H3. The first-order valence-corrected chi connectivity index (χ1v) is 15.8. The predicted molar refractivity (Wildman–Crippen MR) is 91.4 cm³/mol. The van der Waals surface area contributed by atoms with Gasteiger partial charge in [0.15, 0.2) is 0 Å². The monoisotopic (exact) mass is 330 g/mol. The molecule has 7 heteroatoms. The summed E-state index contributed by atoms with van der Waals surface area (Å²) in [6, 6.07) is 0. The van der Waals surface area contributed by atoms with E-state index in [1.54, 1.807) is 0 Å². The minimum absolute atomic E-state index is 0.425. The van der Waals surface area contributed by atoms with Crippen molar-refractivity contribution in [1.82, 2.24) is 0 Å². The normalized spacial score (nSPS) is 15.5. The molecule has 2 unspecified atom stereocenters. The van der Waals surface area contributed by atoms with Crippen molar-refractivity contribution >= 4 is 49.0 Å². The zero-order chi connectivity index (χ0) is 13.3. The second-order valence-corrected chi connectivity index (χ2v) is 15.8. The summed E-state index contributed by atoms with van der Waals surface area (Å²) >= 11 is 0. The van der Waals surface area contributed by atoms with Gasteiger partial charge in [-0.15, -0.1) is 0 Å². The van der Waals surface area contributed by atoms with E-state index in [4.69, 9.17) is 9.47 Å². The molecule has 104 valence electrons. The fourth-order valence-corrected chi connectivity index (χ4v) is 13.8. The molecule has 0 saturated carbocycles. The molecule has 0 saturated heterocycles. The van der Waals surface area contributed by atoms with Crippen LogP contribution in [0.5, 0.6) is 0 Å². The van der Waals surface area contributed by atoms with Crippen molar-refractivity contribution in [1.29, 1.82) is 0 Å². The van der Waals surface area contributed by atoms with E-state index in [2.05, 4.69) is 40.0 Å². The third kappa shape index (κ3) is 9.01. The number of rotatable bonds is 10. The molecule has 2 nitrogen and oxygen atoms in total. The molecule has 0 N–H and O–H groups in total. The fraction of sp³-hybridized carbons (Fsp3) is 1.00. The van der Waals surface area contributed by atoms with E-state index in [1.165, 1.54) is 0 Å². The van der Waals surface area contributed by atoms with Crippen LogP contribution in [0.3, 0.4) is 0 Å². The highest BCUT2D eigenvalue weighted by atomic mass is 33.5. The van der Waals surface area contributed by atoms with Crippen LogP contribution in [0, 0.1) is 0 Å². The summed E-state index contributed by atoms with van der Waals surface area (Å²) in [5.41, 5.74) is 0. The first kappa shape index (κ1) is 18.4. The third-order valence-electron chi connectivity index (χ3n) is 2.02. The average molecular weight is 331 g/mol. The Morgan fingerprint density at radius 1 is 0.824 bits per heavy atom. The molecule has 0 heterocycles.